The van der Waals surface area contributed by atoms with Crippen molar-refractivity contribution in [1.82, 2.24) is 14.1 Å². The number of benzene rings is 8. The maximum Gasteiger partial charge on any atom is 0.268 e. The fourth-order valence-corrected chi connectivity index (χ4v) is 8.99. The number of pyridine rings is 1. The van der Waals surface area contributed by atoms with Crippen LogP contribution in [0.25, 0.3) is 83.4 Å². The molecule has 6 nitrogen and oxygen atoms in total. The van der Waals surface area contributed by atoms with Crippen molar-refractivity contribution in [2.75, 3.05) is 0 Å². The number of aryl methyl sites for hydroxylation is 2. The first-order valence-electron chi connectivity index (χ1n) is 26.7. The van der Waals surface area contributed by atoms with Crippen molar-refractivity contribution < 1.29 is 44.1 Å². The third-order valence-electron chi connectivity index (χ3n) is 12.0. The smallest absolute Gasteiger partial charge is 0.268 e. The average Bonchev–Trinajstić information content (AvgIpc) is 4.08. The molecule has 332 valence electrons. The molecule has 0 N–H and O–H groups in total. The molecular formula is C61H45N5OPt-2. The van der Waals surface area contributed by atoms with Gasteiger partial charge in [-0.2, -0.15) is 17.4 Å². The Morgan fingerprint density at radius 3 is 2.01 bits per heavy atom. The SMILES string of the molecule is [2H]c1c([2H])c([2H])c(-c2cccc(-c3c([2H])c([2H])c([2H])c([2H])c3[2H])c2-[n+]2[c-]n(-c3[c-]c(Oc4[c-]c5c(cc4)c4ccccc4n5-c4cc(C(C)(C)C)ccn4)cc(-c4c(C)cc(C#N)cc4C)c3)c3ccccc32)c([2H])c1[2H].[Pt]. The Labute approximate surface area is 425 Å². The molecular weight excluding hydrogens is 1010 g/mol. The van der Waals surface area contributed by atoms with Crippen LogP contribution in [0.2, 0.25) is 0 Å². The summed E-state index contributed by atoms with van der Waals surface area (Å²) in [6, 6.07) is 39.4. The first kappa shape index (κ1) is 33.6. The van der Waals surface area contributed by atoms with Crippen LogP contribution in [-0.2, 0) is 26.5 Å². The Hall–Kier alpha value is -7.84. The van der Waals surface area contributed by atoms with E-state index in [4.69, 9.17) is 23.4 Å². The van der Waals surface area contributed by atoms with Gasteiger partial charge in [0.05, 0.1) is 42.1 Å². The van der Waals surface area contributed by atoms with Gasteiger partial charge in [0.25, 0.3) is 6.33 Å². The summed E-state index contributed by atoms with van der Waals surface area (Å²) in [5, 5.41) is 11.9. The van der Waals surface area contributed by atoms with Crippen molar-refractivity contribution in [2.45, 2.75) is 40.0 Å². The summed E-state index contributed by atoms with van der Waals surface area (Å²) in [4.78, 5) is 4.84. The van der Waals surface area contributed by atoms with E-state index in [1.165, 1.54) is 0 Å². The number of para-hydroxylation sites is 4. The van der Waals surface area contributed by atoms with Crippen LogP contribution in [0.3, 0.4) is 0 Å². The third kappa shape index (κ3) is 7.89. The van der Waals surface area contributed by atoms with Crippen LogP contribution in [0.15, 0.2) is 182 Å². The molecule has 0 aliphatic heterocycles. The van der Waals surface area contributed by atoms with Crippen molar-refractivity contribution in [3.63, 3.8) is 0 Å². The molecule has 0 fully saturated rings. The summed E-state index contributed by atoms with van der Waals surface area (Å²) in [5.41, 5.74) is 7.90. The Morgan fingerprint density at radius 1 is 0.676 bits per heavy atom. The maximum absolute atomic E-state index is 9.94. The summed E-state index contributed by atoms with van der Waals surface area (Å²) in [6.07, 6.45) is 5.30. The Bertz CT molecular complexity index is 4200. The fraction of sp³-hybridized carbons (Fsp3) is 0.0984. The predicted molar refractivity (Wildman–Crippen MR) is 269 cm³/mol. The molecule has 7 heteroatoms. The number of rotatable bonds is 8. The van der Waals surface area contributed by atoms with Crippen LogP contribution >= 0.6 is 0 Å². The van der Waals surface area contributed by atoms with Gasteiger partial charge in [-0.05, 0) is 105 Å². The van der Waals surface area contributed by atoms with E-state index in [1.54, 1.807) is 39.5 Å². The van der Waals surface area contributed by atoms with Crippen molar-refractivity contribution >= 4 is 32.8 Å². The van der Waals surface area contributed by atoms with E-state index in [9.17, 15) is 5.26 Å². The Morgan fingerprint density at radius 2 is 1.34 bits per heavy atom. The molecule has 11 aromatic rings. The second-order valence-electron chi connectivity index (χ2n) is 17.4. The molecule has 0 atom stereocenters. The second kappa shape index (κ2) is 17.8. The minimum atomic E-state index is -0.591. The molecule has 11 rings (SSSR count). The van der Waals surface area contributed by atoms with E-state index in [0.717, 1.165) is 49.9 Å². The van der Waals surface area contributed by atoms with Crippen LogP contribution in [-0.4, -0.2) is 14.1 Å². The zero-order valence-electron chi connectivity index (χ0n) is 47.5. The van der Waals surface area contributed by atoms with Gasteiger partial charge in [0.15, 0.2) is 0 Å². The van der Waals surface area contributed by atoms with Crippen molar-refractivity contribution in [1.29, 1.82) is 5.26 Å². The topological polar surface area (TPSA) is 59.6 Å². The summed E-state index contributed by atoms with van der Waals surface area (Å²) in [7, 11) is 0. The van der Waals surface area contributed by atoms with Gasteiger partial charge >= 0.3 is 0 Å². The molecule has 0 spiro atoms. The molecule has 8 aromatic carbocycles. The van der Waals surface area contributed by atoms with Crippen LogP contribution in [0.5, 0.6) is 11.5 Å². The molecule has 0 radical (unpaired) electrons. The van der Waals surface area contributed by atoms with E-state index in [1.807, 2.05) is 86.8 Å². The number of hydrogen-bond donors (Lipinski definition) is 0. The molecule has 0 amide bonds. The van der Waals surface area contributed by atoms with Crippen molar-refractivity contribution in [2.24, 2.45) is 0 Å². The summed E-state index contributed by atoms with van der Waals surface area (Å²) >= 11 is 0. The number of nitriles is 1. The van der Waals surface area contributed by atoms with Gasteiger partial charge in [-0.15, -0.1) is 35.2 Å². The Kier molecular flexibility index (Phi) is 8.77. The summed E-state index contributed by atoms with van der Waals surface area (Å²) in [5.74, 6) is 1.41. The predicted octanol–water partition coefficient (Wildman–Crippen LogP) is 14.4. The van der Waals surface area contributed by atoms with E-state index in [-0.39, 0.29) is 54.4 Å². The number of ether oxygens (including phenoxy) is 1. The van der Waals surface area contributed by atoms with Gasteiger partial charge in [-0.1, -0.05) is 147 Å². The number of fused-ring (bicyclic) bond motifs is 4. The second-order valence-corrected chi connectivity index (χ2v) is 17.4. The molecule has 0 aliphatic rings. The summed E-state index contributed by atoms with van der Waals surface area (Å²) in [6.45, 7) is 10.4. The van der Waals surface area contributed by atoms with Crippen LogP contribution < -0.4 is 9.30 Å². The van der Waals surface area contributed by atoms with Crippen molar-refractivity contribution in [3.8, 4) is 68.1 Å². The van der Waals surface area contributed by atoms with Gasteiger partial charge in [0.1, 0.15) is 5.82 Å². The minimum absolute atomic E-state index is 0. The van der Waals surface area contributed by atoms with E-state index < -0.39 is 60.4 Å². The first-order chi connectivity index (χ1) is 36.8. The molecule has 3 heterocycles. The maximum atomic E-state index is 9.94. The monoisotopic (exact) mass is 1070 g/mol. The van der Waals surface area contributed by atoms with Crippen LogP contribution in [0.4, 0.5) is 0 Å². The quantitative estimate of drug-likeness (QED) is 0.113. The van der Waals surface area contributed by atoms with Gasteiger partial charge < -0.3 is 13.9 Å². The molecule has 0 saturated heterocycles. The molecule has 3 aromatic heterocycles. The molecule has 0 unspecified atom stereocenters. The van der Waals surface area contributed by atoms with E-state index >= 15 is 0 Å². The number of imidazole rings is 1. The van der Waals surface area contributed by atoms with E-state index in [0.29, 0.717) is 39.3 Å². The van der Waals surface area contributed by atoms with E-state index in [2.05, 4.69) is 68.1 Å². The summed E-state index contributed by atoms with van der Waals surface area (Å²) < 4.78 is 100. The van der Waals surface area contributed by atoms with Gasteiger partial charge in [0, 0.05) is 44.3 Å². The fourth-order valence-electron chi connectivity index (χ4n) is 8.99. The van der Waals surface area contributed by atoms with Crippen LogP contribution in [0, 0.1) is 43.6 Å². The molecule has 0 aliphatic carbocycles. The average molecular weight is 1070 g/mol. The first-order valence-corrected chi connectivity index (χ1v) is 21.7. The van der Waals surface area contributed by atoms with Gasteiger partial charge in [-0.25, -0.2) is 4.98 Å². The van der Waals surface area contributed by atoms with Crippen LogP contribution in [0.1, 0.15) is 56.7 Å². The zero-order chi connectivity index (χ0) is 54.5. The minimum Gasteiger partial charge on any atom is -0.510 e. The largest absolute Gasteiger partial charge is 0.510 e. The standard InChI is InChI=1S/C61H45N5O.Pt/c1-40-31-42(38-62)32-41(2)59(40)45-33-47(36-49(34-45)67-48-27-28-53-52-21-12-13-24-54(52)66(57(53)37-48)58-35-46(29-30-63-58)61(3,4)5)64-39-65(56-26-15-14-25-55(56)64)60-50(43-17-8-6-9-18-43)22-16-23-51(60)44-19-10-7-11-20-44;/h6-35H,1-5H3;/q-2;/i6D,7D,8D,9D,10D,11D,17D,18D,19D,20D;. The Balaban J connectivity index is 0.00000688. The molecule has 68 heavy (non-hydrogen) atoms. The van der Waals surface area contributed by atoms with Crippen molar-refractivity contribution in [3.05, 3.63) is 223 Å². The normalized spacial score (nSPS) is 13.5. The van der Waals surface area contributed by atoms with Gasteiger partial charge in [0.2, 0.25) is 0 Å². The number of hydrogen-bond acceptors (Lipinski definition) is 3. The number of nitrogens with zero attached hydrogens (tertiary/aromatic N) is 5. The molecule has 0 saturated carbocycles. The zero-order valence-corrected chi connectivity index (χ0v) is 39.8. The number of aromatic nitrogens is 4. The van der Waals surface area contributed by atoms with Gasteiger partial charge in [-0.3, -0.25) is 4.57 Å². The third-order valence-corrected chi connectivity index (χ3v) is 12.0. The molecule has 0 bridgehead atoms.